The van der Waals surface area contributed by atoms with Gasteiger partial charge in [-0.25, -0.2) is 4.98 Å². The van der Waals surface area contributed by atoms with E-state index in [-0.39, 0.29) is 18.2 Å². The molecule has 0 atom stereocenters. The molecule has 0 saturated carbocycles. The zero-order valence-corrected chi connectivity index (χ0v) is 18.8. The third kappa shape index (κ3) is 6.20. The number of carbonyl (C=O) groups is 2. The summed E-state index contributed by atoms with van der Waals surface area (Å²) in [7, 11) is 0. The number of carbonyl (C=O) groups excluding carboxylic acids is 2. The number of nitrogens with zero attached hydrogens (tertiary/aromatic N) is 3. The highest BCUT2D eigenvalue weighted by Gasteiger charge is 2.18. The van der Waals surface area contributed by atoms with Crippen molar-refractivity contribution in [2.75, 3.05) is 37.6 Å². The predicted octanol–water partition coefficient (Wildman–Crippen LogP) is 2.55. The van der Waals surface area contributed by atoms with E-state index in [1.165, 1.54) is 5.69 Å². The average Bonchev–Trinajstić information content (AvgIpc) is 3.23. The molecule has 4 rings (SSSR count). The van der Waals surface area contributed by atoms with E-state index in [0.29, 0.717) is 30.3 Å². The first-order valence-electron chi connectivity index (χ1n) is 11.2. The first-order valence-corrected chi connectivity index (χ1v) is 11.2. The summed E-state index contributed by atoms with van der Waals surface area (Å²) in [6.07, 6.45) is 0.358. The van der Waals surface area contributed by atoms with E-state index in [1.54, 1.807) is 6.92 Å². The molecule has 172 valence electrons. The van der Waals surface area contributed by atoms with Gasteiger partial charge in [-0.2, -0.15) is 0 Å². The highest BCUT2D eigenvalue weighted by atomic mass is 16.4. The van der Waals surface area contributed by atoms with Gasteiger partial charge < -0.3 is 9.32 Å². The lowest BCUT2D eigenvalue weighted by Gasteiger charge is -2.36. The van der Waals surface area contributed by atoms with Crippen molar-refractivity contribution >= 4 is 17.5 Å². The fourth-order valence-electron chi connectivity index (χ4n) is 3.82. The molecule has 2 aromatic carbocycles. The van der Waals surface area contributed by atoms with Crippen LogP contribution >= 0.6 is 0 Å². The predicted molar refractivity (Wildman–Crippen MR) is 126 cm³/mol. The number of anilines is 1. The molecule has 33 heavy (non-hydrogen) atoms. The number of aromatic nitrogens is 1. The maximum atomic E-state index is 12.3. The molecule has 8 nitrogen and oxygen atoms in total. The molecule has 3 aromatic rings. The standard InChI is InChI=1S/C25H29N5O3/c1-19-22(26-25(33-19)20-8-4-2-5-9-20)18-24(32)28-27-23(31)12-13-29-14-16-30(17-15-29)21-10-6-3-7-11-21/h2-11H,12-18H2,1H3,(H,27,31)(H,28,32). The molecule has 2 heterocycles. The summed E-state index contributed by atoms with van der Waals surface area (Å²) in [6, 6.07) is 19.9. The normalized spacial score (nSPS) is 14.2. The van der Waals surface area contributed by atoms with Crippen LogP contribution in [0.3, 0.4) is 0 Å². The number of aryl methyl sites for hydroxylation is 1. The Hall–Kier alpha value is -3.65. The number of amides is 2. The van der Waals surface area contributed by atoms with Crippen LogP contribution in [0.2, 0.25) is 0 Å². The molecule has 1 fully saturated rings. The number of nitrogens with one attached hydrogen (secondary N) is 2. The third-order valence-electron chi connectivity index (χ3n) is 5.73. The topological polar surface area (TPSA) is 90.7 Å². The molecule has 0 spiro atoms. The minimum Gasteiger partial charge on any atom is -0.441 e. The number of hydrazine groups is 1. The van der Waals surface area contributed by atoms with Gasteiger partial charge in [0, 0.05) is 50.4 Å². The lowest BCUT2D eigenvalue weighted by molar-refractivity contribution is -0.128. The molecule has 1 aliphatic rings. The molecule has 0 aliphatic carbocycles. The van der Waals surface area contributed by atoms with Crippen molar-refractivity contribution in [1.82, 2.24) is 20.7 Å². The second-order valence-corrected chi connectivity index (χ2v) is 8.08. The summed E-state index contributed by atoms with van der Waals surface area (Å²) in [6.45, 7) is 6.12. The second kappa shape index (κ2) is 10.8. The highest BCUT2D eigenvalue weighted by Crippen LogP contribution is 2.21. The molecular formula is C25H29N5O3. The van der Waals surface area contributed by atoms with Gasteiger partial charge in [0.1, 0.15) is 5.76 Å². The summed E-state index contributed by atoms with van der Waals surface area (Å²) in [5.74, 6) is 0.517. The summed E-state index contributed by atoms with van der Waals surface area (Å²) in [4.78, 5) is 33.5. The highest BCUT2D eigenvalue weighted by molar-refractivity contribution is 5.83. The lowest BCUT2D eigenvalue weighted by Crippen LogP contribution is -2.48. The molecule has 8 heteroatoms. The monoisotopic (exact) mass is 447 g/mol. The van der Waals surface area contributed by atoms with Crippen molar-refractivity contribution in [3.8, 4) is 11.5 Å². The Balaban J connectivity index is 1.16. The molecule has 1 saturated heterocycles. The number of hydrogen-bond donors (Lipinski definition) is 2. The molecule has 1 aromatic heterocycles. The molecule has 2 amide bonds. The number of benzene rings is 2. The van der Waals surface area contributed by atoms with Gasteiger partial charge >= 0.3 is 0 Å². The van der Waals surface area contributed by atoms with Crippen molar-refractivity contribution in [1.29, 1.82) is 0 Å². The number of hydrogen-bond acceptors (Lipinski definition) is 6. The van der Waals surface area contributed by atoms with E-state index in [9.17, 15) is 9.59 Å². The Morgan fingerprint density at radius 2 is 1.55 bits per heavy atom. The number of rotatable bonds is 7. The van der Waals surface area contributed by atoms with E-state index in [4.69, 9.17) is 4.42 Å². The summed E-state index contributed by atoms with van der Waals surface area (Å²) in [5.41, 5.74) is 7.61. The largest absolute Gasteiger partial charge is 0.441 e. The lowest BCUT2D eigenvalue weighted by atomic mass is 10.2. The molecule has 0 unspecified atom stereocenters. The Kier molecular flexibility index (Phi) is 7.36. The minimum absolute atomic E-state index is 0.0316. The Labute approximate surface area is 193 Å². The molecule has 2 N–H and O–H groups in total. The quantitative estimate of drug-likeness (QED) is 0.541. The van der Waals surface area contributed by atoms with Gasteiger partial charge in [-0.3, -0.25) is 25.3 Å². The van der Waals surface area contributed by atoms with Crippen LogP contribution in [-0.4, -0.2) is 54.4 Å². The van der Waals surface area contributed by atoms with Crippen LogP contribution in [0.15, 0.2) is 65.1 Å². The van der Waals surface area contributed by atoms with E-state index in [1.807, 2.05) is 48.5 Å². The van der Waals surface area contributed by atoms with Crippen molar-refractivity contribution in [2.45, 2.75) is 19.8 Å². The van der Waals surface area contributed by atoms with Crippen molar-refractivity contribution in [2.24, 2.45) is 0 Å². The van der Waals surface area contributed by atoms with Gasteiger partial charge in [0.25, 0.3) is 0 Å². The summed E-state index contributed by atoms with van der Waals surface area (Å²) >= 11 is 0. The second-order valence-electron chi connectivity index (χ2n) is 8.08. The Bertz CT molecular complexity index is 1060. The van der Waals surface area contributed by atoms with E-state index in [0.717, 1.165) is 31.7 Å². The third-order valence-corrected chi connectivity index (χ3v) is 5.73. The smallest absolute Gasteiger partial charge is 0.244 e. The summed E-state index contributed by atoms with van der Waals surface area (Å²) in [5, 5.41) is 0. The molecule has 0 bridgehead atoms. The zero-order valence-electron chi connectivity index (χ0n) is 18.8. The molecule has 1 aliphatic heterocycles. The van der Waals surface area contributed by atoms with Crippen LogP contribution < -0.4 is 15.8 Å². The Morgan fingerprint density at radius 1 is 0.909 bits per heavy atom. The van der Waals surface area contributed by atoms with Crippen LogP contribution in [0, 0.1) is 6.92 Å². The van der Waals surface area contributed by atoms with Crippen molar-refractivity contribution < 1.29 is 14.0 Å². The van der Waals surface area contributed by atoms with Gasteiger partial charge in [0.15, 0.2) is 0 Å². The van der Waals surface area contributed by atoms with E-state index >= 15 is 0 Å². The van der Waals surface area contributed by atoms with Gasteiger partial charge in [-0.15, -0.1) is 0 Å². The van der Waals surface area contributed by atoms with E-state index < -0.39 is 0 Å². The van der Waals surface area contributed by atoms with Crippen molar-refractivity contribution in [3.05, 3.63) is 72.1 Å². The van der Waals surface area contributed by atoms with E-state index in [2.05, 4.69) is 37.8 Å². The zero-order chi connectivity index (χ0) is 23.0. The van der Waals surface area contributed by atoms with Crippen LogP contribution in [0.25, 0.3) is 11.5 Å². The minimum atomic E-state index is -0.337. The molecule has 0 radical (unpaired) electrons. The average molecular weight is 448 g/mol. The maximum Gasteiger partial charge on any atom is 0.244 e. The number of para-hydroxylation sites is 1. The fourth-order valence-corrected chi connectivity index (χ4v) is 3.82. The van der Waals surface area contributed by atoms with Crippen LogP contribution in [-0.2, 0) is 16.0 Å². The Morgan fingerprint density at radius 3 is 2.24 bits per heavy atom. The van der Waals surface area contributed by atoms with Crippen molar-refractivity contribution in [3.63, 3.8) is 0 Å². The number of oxazole rings is 1. The van der Waals surface area contributed by atoms with Gasteiger partial charge in [-0.1, -0.05) is 36.4 Å². The molecular weight excluding hydrogens is 418 g/mol. The van der Waals surface area contributed by atoms with Crippen LogP contribution in [0.4, 0.5) is 5.69 Å². The first-order chi connectivity index (χ1) is 16.1. The van der Waals surface area contributed by atoms with Gasteiger partial charge in [0.2, 0.25) is 17.7 Å². The van der Waals surface area contributed by atoms with Crippen LogP contribution in [0.5, 0.6) is 0 Å². The maximum absolute atomic E-state index is 12.3. The SMILES string of the molecule is Cc1oc(-c2ccccc2)nc1CC(=O)NNC(=O)CCN1CCN(c2ccccc2)CC1. The van der Waals surface area contributed by atoms with Crippen LogP contribution in [0.1, 0.15) is 17.9 Å². The van der Waals surface area contributed by atoms with Gasteiger partial charge in [-0.05, 0) is 31.2 Å². The summed E-state index contributed by atoms with van der Waals surface area (Å²) < 4.78 is 5.68. The first kappa shape index (κ1) is 22.5. The fraction of sp³-hybridized carbons (Fsp3) is 0.320. The number of piperazine rings is 1. The van der Waals surface area contributed by atoms with Gasteiger partial charge in [0.05, 0.1) is 12.1 Å².